The minimum Gasteiger partial charge on any atom is -0.397 e. The van der Waals surface area contributed by atoms with Gasteiger partial charge in [-0.05, 0) is 41.8 Å². The van der Waals surface area contributed by atoms with Gasteiger partial charge >= 0.3 is 0 Å². The van der Waals surface area contributed by atoms with Crippen LogP contribution in [0.1, 0.15) is 19.8 Å². The molecule has 0 aliphatic carbocycles. The van der Waals surface area contributed by atoms with Gasteiger partial charge in [-0.3, -0.25) is 0 Å². The van der Waals surface area contributed by atoms with Gasteiger partial charge in [-0.1, -0.05) is 0 Å². The van der Waals surface area contributed by atoms with Crippen molar-refractivity contribution in [3.63, 3.8) is 0 Å². The molecular formula is C12H16BrFN2O. The topological polar surface area (TPSA) is 49.5 Å². The monoisotopic (exact) mass is 302 g/mol. The molecule has 1 aromatic carbocycles. The van der Waals surface area contributed by atoms with Crippen molar-refractivity contribution in [3.8, 4) is 0 Å². The predicted octanol–water partition coefficient (Wildman–Crippen LogP) is 2.52. The summed E-state index contributed by atoms with van der Waals surface area (Å²) in [4.78, 5) is 2.00. The standard InChI is InChI=1S/C12H16BrFN2O/c1-12(17)3-2-4-16(7-12)11-5-8(13)9(14)6-10(11)15/h5-6,17H,2-4,7,15H2,1H3. The third kappa shape index (κ3) is 2.72. The maximum absolute atomic E-state index is 13.3. The van der Waals surface area contributed by atoms with Gasteiger partial charge in [0.15, 0.2) is 0 Å². The average molecular weight is 303 g/mol. The van der Waals surface area contributed by atoms with E-state index >= 15 is 0 Å². The number of aliphatic hydroxyl groups is 1. The molecule has 1 aliphatic heterocycles. The smallest absolute Gasteiger partial charge is 0.139 e. The van der Waals surface area contributed by atoms with Gasteiger partial charge in [0, 0.05) is 19.2 Å². The molecule has 1 aromatic rings. The molecule has 0 bridgehead atoms. The van der Waals surface area contributed by atoms with E-state index in [1.54, 1.807) is 6.07 Å². The van der Waals surface area contributed by atoms with E-state index in [1.165, 1.54) is 6.07 Å². The molecule has 0 amide bonds. The number of rotatable bonds is 1. The Hall–Kier alpha value is -0.810. The Morgan fingerprint density at radius 1 is 1.53 bits per heavy atom. The van der Waals surface area contributed by atoms with Crippen LogP contribution in [0.5, 0.6) is 0 Å². The van der Waals surface area contributed by atoms with Gasteiger partial charge < -0.3 is 15.7 Å². The third-order valence-corrected chi connectivity index (χ3v) is 3.69. The van der Waals surface area contributed by atoms with Crippen molar-refractivity contribution in [3.05, 3.63) is 22.4 Å². The molecule has 3 N–H and O–H groups in total. The van der Waals surface area contributed by atoms with E-state index in [-0.39, 0.29) is 5.82 Å². The molecule has 2 rings (SSSR count). The van der Waals surface area contributed by atoms with Crippen LogP contribution in [0.4, 0.5) is 15.8 Å². The van der Waals surface area contributed by atoms with Crippen molar-refractivity contribution in [2.75, 3.05) is 23.7 Å². The first-order chi connectivity index (χ1) is 7.89. The largest absolute Gasteiger partial charge is 0.397 e. The van der Waals surface area contributed by atoms with E-state index in [1.807, 2.05) is 11.8 Å². The maximum Gasteiger partial charge on any atom is 0.139 e. The fourth-order valence-corrected chi connectivity index (χ4v) is 2.58. The Balaban J connectivity index is 2.31. The summed E-state index contributed by atoms with van der Waals surface area (Å²) in [7, 11) is 0. The number of nitrogens with two attached hydrogens (primary N) is 1. The van der Waals surface area contributed by atoms with E-state index < -0.39 is 5.60 Å². The Bertz CT molecular complexity index is 437. The quantitative estimate of drug-likeness (QED) is 0.784. The Kier molecular flexibility index (Phi) is 3.32. The summed E-state index contributed by atoms with van der Waals surface area (Å²) in [5, 5.41) is 10.1. The van der Waals surface area contributed by atoms with Crippen LogP contribution in [0.2, 0.25) is 0 Å². The summed E-state index contributed by atoms with van der Waals surface area (Å²) in [6.07, 6.45) is 1.69. The first-order valence-corrected chi connectivity index (χ1v) is 6.40. The normalized spacial score (nSPS) is 25.1. The van der Waals surface area contributed by atoms with Gasteiger partial charge in [0.1, 0.15) is 5.82 Å². The zero-order valence-electron chi connectivity index (χ0n) is 9.71. The fourth-order valence-electron chi connectivity index (χ4n) is 2.25. The van der Waals surface area contributed by atoms with Crippen molar-refractivity contribution in [2.24, 2.45) is 0 Å². The first-order valence-electron chi connectivity index (χ1n) is 5.61. The highest BCUT2D eigenvalue weighted by atomic mass is 79.9. The molecule has 3 nitrogen and oxygen atoms in total. The number of halogens is 2. The van der Waals surface area contributed by atoms with Crippen LogP contribution in [0.3, 0.4) is 0 Å². The van der Waals surface area contributed by atoms with Gasteiger partial charge in [0.05, 0.1) is 21.4 Å². The number of piperidine rings is 1. The highest BCUT2D eigenvalue weighted by Crippen LogP contribution is 2.33. The molecule has 1 aliphatic rings. The van der Waals surface area contributed by atoms with E-state index in [9.17, 15) is 9.50 Å². The molecule has 0 radical (unpaired) electrons. The Morgan fingerprint density at radius 3 is 2.88 bits per heavy atom. The number of anilines is 2. The number of nitrogens with zero attached hydrogens (tertiary/aromatic N) is 1. The van der Waals surface area contributed by atoms with Crippen molar-refractivity contribution >= 4 is 27.3 Å². The molecular weight excluding hydrogens is 287 g/mol. The van der Waals surface area contributed by atoms with Crippen molar-refractivity contribution < 1.29 is 9.50 Å². The number of hydrogen-bond donors (Lipinski definition) is 2. The predicted molar refractivity (Wildman–Crippen MR) is 70.6 cm³/mol. The zero-order valence-corrected chi connectivity index (χ0v) is 11.3. The molecule has 5 heteroatoms. The van der Waals surface area contributed by atoms with E-state index in [0.29, 0.717) is 16.7 Å². The summed E-state index contributed by atoms with van der Waals surface area (Å²) < 4.78 is 13.7. The van der Waals surface area contributed by atoms with Gasteiger partial charge in [0.2, 0.25) is 0 Å². The molecule has 1 heterocycles. The lowest BCUT2D eigenvalue weighted by Crippen LogP contribution is -2.46. The second kappa shape index (κ2) is 4.46. The highest BCUT2D eigenvalue weighted by molar-refractivity contribution is 9.10. The average Bonchev–Trinajstić information content (AvgIpc) is 2.22. The van der Waals surface area contributed by atoms with Crippen LogP contribution >= 0.6 is 15.9 Å². The number of β-amino-alcohol motifs (C(OH)–C–C–N with tert-alkyl or cyclic N) is 1. The summed E-state index contributed by atoms with van der Waals surface area (Å²) in [5.41, 5.74) is 6.30. The Labute approximate surface area is 109 Å². The lowest BCUT2D eigenvalue weighted by molar-refractivity contribution is 0.0450. The van der Waals surface area contributed by atoms with Crippen molar-refractivity contribution in [1.82, 2.24) is 0 Å². The Morgan fingerprint density at radius 2 is 2.24 bits per heavy atom. The van der Waals surface area contributed by atoms with Gasteiger partial charge in [-0.2, -0.15) is 0 Å². The van der Waals surface area contributed by atoms with Crippen LogP contribution in [-0.2, 0) is 0 Å². The SMILES string of the molecule is CC1(O)CCCN(c2cc(Br)c(F)cc2N)C1. The summed E-state index contributed by atoms with van der Waals surface area (Å²) in [5.74, 6) is -0.366. The fraction of sp³-hybridized carbons (Fsp3) is 0.500. The number of benzene rings is 1. The summed E-state index contributed by atoms with van der Waals surface area (Å²) in [6.45, 7) is 3.17. The van der Waals surface area contributed by atoms with Gasteiger partial charge in [0.25, 0.3) is 0 Å². The van der Waals surface area contributed by atoms with Crippen molar-refractivity contribution in [2.45, 2.75) is 25.4 Å². The lowest BCUT2D eigenvalue weighted by Gasteiger charge is -2.38. The number of nitrogen functional groups attached to an aromatic ring is 1. The minimum absolute atomic E-state index is 0.366. The second-order valence-electron chi connectivity index (χ2n) is 4.85. The molecule has 1 fully saturated rings. The molecule has 0 saturated carbocycles. The third-order valence-electron chi connectivity index (χ3n) is 3.09. The van der Waals surface area contributed by atoms with Gasteiger partial charge in [-0.15, -0.1) is 0 Å². The maximum atomic E-state index is 13.3. The van der Waals surface area contributed by atoms with Gasteiger partial charge in [-0.25, -0.2) is 4.39 Å². The zero-order chi connectivity index (χ0) is 12.6. The molecule has 1 atom stereocenters. The minimum atomic E-state index is -0.703. The lowest BCUT2D eigenvalue weighted by atomic mass is 9.94. The molecule has 17 heavy (non-hydrogen) atoms. The van der Waals surface area contributed by atoms with Crippen LogP contribution < -0.4 is 10.6 Å². The molecule has 94 valence electrons. The molecule has 0 spiro atoms. The summed E-state index contributed by atoms with van der Waals surface area (Å²) in [6, 6.07) is 2.98. The summed E-state index contributed by atoms with van der Waals surface area (Å²) >= 11 is 3.16. The second-order valence-corrected chi connectivity index (χ2v) is 5.70. The van der Waals surface area contributed by atoms with Crippen LogP contribution in [-0.4, -0.2) is 23.8 Å². The van der Waals surface area contributed by atoms with Crippen LogP contribution in [0, 0.1) is 5.82 Å². The van der Waals surface area contributed by atoms with E-state index in [0.717, 1.165) is 25.1 Å². The first kappa shape index (κ1) is 12.6. The molecule has 0 aromatic heterocycles. The molecule has 1 unspecified atom stereocenters. The van der Waals surface area contributed by atoms with Crippen LogP contribution in [0.25, 0.3) is 0 Å². The highest BCUT2D eigenvalue weighted by Gasteiger charge is 2.29. The van der Waals surface area contributed by atoms with E-state index in [4.69, 9.17) is 5.73 Å². The van der Waals surface area contributed by atoms with Crippen LogP contribution in [0.15, 0.2) is 16.6 Å². The van der Waals surface area contributed by atoms with Crippen molar-refractivity contribution in [1.29, 1.82) is 0 Å². The molecule has 1 saturated heterocycles. The van der Waals surface area contributed by atoms with E-state index in [2.05, 4.69) is 15.9 Å². The number of hydrogen-bond acceptors (Lipinski definition) is 3.